The number of para-hydroxylation sites is 1. The summed E-state index contributed by atoms with van der Waals surface area (Å²) < 4.78 is 16.7. The molecule has 2 heterocycles. The topological polar surface area (TPSA) is 51.0 Å². The summed E-state index contributed by atoms with van der Waals surface area (Å²) in [5.74, 6) is 0.631. The quantitative estimate of drug-likeness (QED) is 0.471. The largest absolute Gasteiger partial charge is 0.311 e. The molecule has 1 aromatic heterocycles. The molecule has 0 radical (unpaired) electrons. The van der Waals surface area contributed by atoms with Crippen molar-refractivity contribution < 1.29 is 9.18 Å². The number of amides is 1. The molecular weight excluding hydrogens is 423 g/mol. The molecule has 5 rings (SSSR count). The molecule has 1 fully saturated rings. The van der Waals surface area contributed by atoms with Crippen molar-refractivity contribution in [1.82, 2.24) is 14.8 Å². The van der Waals surface area contributed by atoms with Gasteiger partial charge in [-0.2, -0.15) is 0 Å². The van der Waals surface area contributed by atoms with Crippen LogP contribution in [-0.4, -0.2) is 33.0 Å². The molecule has 0 atom stereocenters. The standard InChI is InChI=1S/C25H27FN4OS/c26-21-14-6-5-13-20(21)24-27-28-25(30(24)19-11-2-1-3-12-19)32-17-23(31)29-16-8-10-18-9-4-7-15-22(18)29/h4-7,9,13-15,19H,1-3,8,10-12,16-17H2. The van der Waals surface area contributed by atoms with Gasteiger partial charge in [-0.15, -0.1) is 10.2 Å². The Bertz CT molecular complexity index is 1110. The van der Waals surface area contributed by atoms with Crippen molar-refractivity contribution in [2.75, 3.05) is 17.2 Å². The first-order chi connectivity index (χ1) is 15.7. The molecule has 3 aromatic rings. The van der Waals surface area contributed by atoms with Crippen molar-refractivity contribution in [1.29, 1.82) is 0 Å². The summed E-state index contributed by atoms with van der Waals surface area (Å²) in [5.41, 5.74) is 2.71. The Kier molecular flexibility index (Phi) is 6.26. The predicted octanol–water partition coefficient (Wildman–Crippen LogP) is 5.66. The molecule has 2 aromatic carbocycles. The van der Waals surface area contributed by atoms with E-state index < -0.39 is 0 Å². The van der Waals surface area contributed by atoms with Gasteiger partial charge >= 0.3 is 0 Å². The van der Waals surface area contributed by atoms with Gasteiger partial charge in [0.15, 0.2) is 11.0 Å². The third kappa shape index (κ3) is 4.18. The van der Waals surface area contributed by atoms with Crippen LogP contribution in [-0.2, 0) is 11.2 Å². The van der Waals surface area contributed by atoms with Crippen LogP contribution in [0.5, 0.6) is 0 Å². The van der Waals surface area contributed by atoms with E-state index in [9.17, 15) is 9.18 Å². The number of thioether (sulfide) groups is 1. The fourth-order valence-corrected chi connectivity index (χ4v) is 5.75. The molecule has 0 saturated heterocycles. The highest BCUT2D eigenvalue weighted by atomic mass is 32.2. The molecular formula is C25H27FN4OS. The van der Waals surface area contributed by atoms with Crippen LogP contribution in [0, 0.1) is 5.82 Å². The highest BCUT2D eigenvalue weighted by Gasteiger charge is 2.27. The molecule has 1 amide bonds. The fraction of sp³-hybridized carbons (Fsp3) is 0.400. The molecule has 32 heavy (non-hydrogen) atoms. The normalized spacial score (nSPS) is 16.7. The summed E-state index contributed by atoms with van der Waals surface area (Å²) in [6.45, 7) is 0.742. The SMILES string of the molecule is O=C(CSc1nnc(-c2ccccc2F)n1C1CCCCC1)N1CCCc2ccccc21. The van der Waals surface area contributed by atoms with E-state index in [1.165, 1.54) is 29.8 Å². The van der Waals surface area contributed by atoms with Crippen LogP contribution in [0.15, 0.2) is 53.7 Å². The summed E-state index contributed by atoms with van der Waals surface area (Å²) in [6.07, 6.45) is 7.56. The van der Waals surface area contributed by atoms with Gasteiger partial charge in [0, 0.05) is 18.3 Å². The Labute approximate surface area is 192 Å². The molecule has 166 valence electrons. The van der Waals surface area contributed by atoms with E-state index in [4.69, 9.17) is 0 Å². The van der Waals surface area contributed by atoms with Gasteiger partial charge in [-0.3, -0.25) is 9.36 Å². The average Bonchev–Trinajstić information content (AvgIpc) is 3.26. The minimum atomic E-state index is -0.297. The summed E-state index contributed by atoms with van der Waals surface area (Å²) in [4.78, 5) is 15.0. The Hall–Kier alpha value is -2.67. The summed E-state index contributed by atoms with van der Waals surface area (Å²) in [5, 5.41) is 9.49. The van der Waals surface area contributed by atoms with Gasteiger partial charge in [0.05, 0.1) is 11.3 Å². The molecule has 0 unspecified atom stereocenters. The van der Waals surface area contributed by atoms with E-state index >= 15 is 0 Å². The van der Waals surface area contributed by atoms with E-state index in [0.29, 0.717) is 16.5 Å². The highest BCUT2D eigenvalue weighted by molar-refractivity contribution is 7.99. The Balaban J connectivity index is 1.40. The van der Waals surface area contributed by atoms with Gasteiger partial charge in [-0.1, -0.05) is 61.4 Å². The number of carbonyl (C=O) groups is 1. The summed E-state index contributed by atoms with van der Waals surface area (Å²) >= 11 is 1.41. The molecule has 1 aliphatic heterocycles. The molecule has 1 aliphatic carbocycles. The molecule has 1 saturated carbocycles. The monoisotopic (exact) mass is 450 g/mol. The van der Waals surface area contributed by atoms with Crippen LogP contribution in [0.3, 0.4) is 0 Å². The Morgan fingerprint density at radius 1 is 1.00 bits per heavy atom. The molecule has 0 spiro atoms. The first-order valence-corrected chi connectivity index (χ1v) is 12.4. The number of anilines is 1. The lowest BCUT2D eigenvalue weighted by molar-refractivity contribution is -0.116. The number of hydrogen-bond acceptors (Lipinski definition) is 4. The van der Waals surface area contributed by atoms with Crippen molar-refractivity contribution >= 4 is 23.4 Å². The molecule has 0 N–H and O–H groups in total. The lowest BCUT2D eigenvalue weighted by Gasteiger charge is -2.29. The lowest BCUT2D eigenvalue weighted by atomic mass is 9.95. The van der Waals surface area contributed by atoms with Gasteiger partial charge in [0.2, 0.25) is 5.91 Å². The van der Waals surface area contributed by atoms with Gasteiger partial charge in [-0.05, 0) is 49.4 Å². The number of aryl methyl sites for hydroxylation is 1. The van der Waals surface area contributed by atoms with Crippen molar-refractivity contribution in [3.63, 3.8) is 0 Å². The van der Waals surface area contributed by atoms with Crippen LogP contribution < -0.4 is 4.90 Å². The zero-order valence-corrected chi connectivity index (χ0v) is 18.9. The maximum Gasteiger partial charge on any atom is 0.237 e. The van der Waals surface area contributed by atoms with Crippen LogP contribution in [0.2, 0.25) is 0 Å². The van der Waals surface area contributed by atoms with Gasteiger partial charge < -0.3 is 4.90 Å². The van der Waals surface area contributed by atoms with Crippen LogP contribution >= 0.6 is 11.8 Å². The second kappa shape index (κ2) is 9.45. The Morgan fingerprint density at radius 2 is 1.78 bits per heavy atom. The van der Waals surface area contributed by atoms with Crippen LogP contribution in [0.1, 0.15) is 50.1 Å². The van der Waals surface area contributed by atoms with E-state index in [1.807, 2.05) is 29.2 Å². The first-order valence-electron chi connectivity index (χ1n) is 11.4. The van der Waals surface area contributed by atoms with Crippen LogP contribution in [0.4, 0.5) is 10.1 Å². The first kappa shape index (κ1) is 21.2. The van der Waals surface area contributed by atoms with Crippen molar-refractivity contribution in [3.05, 3.63) is 59.9 Å². The van der Waals surface area contributed by atoms with E-state index in [2.05, 4.69) is 20.8 Å². The average molecular weight is 451 g/mol. The number of rotatable bonds is 5. The van der Waals surface area contributed by atoms with Crippen molar-refractivity contribution in [3.8, 4) is 11.4 Å². The second-order valence-electron chi connectivity index (χ2n) is 8.51. The number of fused-ring (bicyclic) bond motifs is 1. The molecule has 2 aliphatic rings. The smallest absolute Gasteiger partial charge is 0.237 e. The van der Waals surface area contributed by atoms with Crippen molar-refractivity contribution in [2.45, 2.75) is 56.1 Å². The third-order valence-electron chi connectivity index (χ3n) is 6.46. The van der Waals surface area contributed by atoms with Gasteiger partial charge in [-0.25, -0.2) is 4.39 Å². The molecule has 5 nitrogen and oxygen atoms in total. The van der Waals surface area contributed by atoms with E-state index in [0.717, 1.165) is 50.8 Å². The van der Waals surface area contributed by atoms with Crippen molar-refractivity contribution in [2.24, 2.45) is 0 Å². The zero-order chi connectivity index (χ0) is 21.9. The van der Waals surface area contributed by atoms with Gasteiger partial charge in [0.25, 0.3) is 0 Å². The maximum absolute atomic E-state index is 14.6. The number of halogens is 1. The zero-order valence-electron chi connectivity index (χ0n) is 18.0. The fourth-order valence-electron chi connectivity index (χ4n) is 4.87. The highest BCUT2D eigenvalue weighted by Crippen LogP contribution is 2.36. The minimum absolute atomic E-state index is 0.0767. The van der Waals surface area contributed by atoms with E-state index in [-0.39, 0.29) is 23.5 Å². The third-order valence-corrected chi connectivity index (χ3v) is 7.38. The molecule has 7 heteroatoms. The predicted molar refractivity (Wildman–Crippen MR) is 125 cm³/mol. The number of benzene rings is 2. The number of carbonyl (C=O) groups excluding carboxylic acids is 1. The maximum atomic E-state index is 14.6. The summed E-state index contributed by atoms with van der Waals surface area (Å²) in [7, 11) is 0. The van der Waals surface area contributed by atoms with E-state index in [1.54, 1.807) is 12.1 Å². The lowest BCUT2D eigenvalue weighted by Crippen LogP contribution is -2.36. The minimum Gasteiger partial charge on any atom is -0.311 e. The number of aromatic nitrogens is 3. The van der Waals surface area contributed by atoms with Gasteiger partial charge in [0.1, 0.15) is 5.82 Å². The number of hydrogen-bond donors (Lipinski definition) is 0. The van der Waals surface area contributed by atoms with Crippen LogP contribution in [0.25, 0.3) is 11.4 Å². The second-order valence-corrected chi connectivity index (χ2v) is 9.46. The summed E-state index contributed by atoms with van der Waals surface area (Å²) in [6, 6.07) is 15.1. The number of nitrogens with zero attached hydrogens (tertiary/aromatic N) is 4. The Morgan fingerprint density at radius 3 is 2.62 bits per heavy atom. The molecule has 0 bridgehead atoms.